The summed E-state index contributed by atoms with van der Waals surface area (Å²) in [5.41, 5.74) is 1.98. The van der Waals surface area contributed by atoms with Crippen molar-refractivity contribution in [1.29, 1.82) is 0 Å². The first-order chi connectivity index (χ1) is 8.79. The summed E-state index contributed by atoms with van der Waals surface area (Å²) < 4.78 is 5.10. The number of nitrogens with zero attached hydrogens (tertiary/aromatic N) is 2. The highest BCUT2D eigenvalue weighted by Gasteiger charge is 2.06. The van der Waals surface area contributed by atoms with Crippen LogP contribution in [-0.4, -0.2) is 17.1 Å². The fourth-order valence-electron chi connectivity index (χ4n) is 1.66. The zero-order valence-electron chi connectivity index (χ0n) is 10.6. The second-order valence-corrected chi connectivity index (χ2v) is 4.03. The molecular weight excluding hydrogens is 226 g/mol. The Morgan fingerprint density at radius 2 is 2.11 bits per heavy atom. The van der Waals surface area contributed by atoms with E-state index in [1.54, 1.807) is 13.3 Å². The molecule has 0 aliphatic carbocycles. The Morgan fingerprint density at radius 1 is 1.22 bits per heavy atom. The van der Waals surface area contributed by atoms with E-state index in [0.717, 1.165) is 11.4 Å². The fourth-order valence-corrected chi connectivity index (χ4v) is 1.66. The van der Waals surface area contributed by atoms with Gasteiger partial charge in [0.2, 0.25) is 5.88 Å². The van der Waals surface area contributed by atoms with Crippen molar-refractivity contribution >= 4 is 0 Å². The maximum atomic E-state index is 5.10. The third-order valence-corrected chi connectivity index (χ3v) is 2.71. The molecule has 4 heteroatoms. The molecule has 0 amide bonds. The number of nitrogens with one attached hydrogen (secondary N) is 1. The highest BCUT2D eigenvalue weighted by molar-refractivity contribution is 5.16. The molecule has 18 heavy (non-hydrogen) atoms. The molecule has 2 aromatic heterocycles. The zero-order chi connectivity index (χ0) is 12.8. The van der Waals surface area contributed by atoms with E-state index in [0.29, 0.717) is 12.4 Å². The summed E-state index contributed by atoms with van der Waals surface area (Å²) in [6.07, 6.45) is 1.80. The van der Waals surface area contributed by atoms with E-state index in [4.69, 9.17) is 4.74 Å². The molecule has 2 aromatic rings. The van der Waals surface area contributed by atoms with E-state index in [2.05, 4.69) is 22.2 Å². The van der Waals surface area contributed by atoms with Gasteiger partial charge in [-0.1, -0.05) is 12.1 Å². The molecule has 0 radical (unpaired) electrons. The Balaban J connectivity index is 1.95. The van der Waals surface area contributed by atoms with Gasteiger partial charge in [0.25, 0.3) is 0 Å². The van der Waals surface area contributed by atoms with Crippen LogP contribution in [0.1, 0.15) is 24.4 Å². The lowest BCUT2D eigenvalue weighted by Gasteiger charge is -2.13. The minimum absolute atomic E-state index is 0.194. The summed E-state index contributed by atoms with van der Waals surface area (Å²) in [5.74, 6) is 0.639. The number of methoxy groups -OCH3 is 1. The Morgan fingerprint density at radius 3 is 2.83 bits per heavy atom. The molecule has 0 aliphatic rings. The second-order valence-electron chi connectivity index (χ2n) is 4.03. The van der Waals surface area contributed by atoms with E-state index >= 15 is 0 Å². The number of hydrogen-bond acceptors (Lipinski definition) is 4. The largest absolute Gasteiger partial charge is 0.481 e. The third-order valence-electron chi connectivity index (χ3n) is 2.71. The zero-order valence-corrected chi connectivity index (χ0v) is 10.6. The first-order valence-electron chi connectivity index (χ1n) is 5.94. The highest BCUT2D eigenvalue weighted by atomic mass is 16.5. The monoisotopic (exact) mass is 243 g/mol. The van der Waals surface area contributed by atoms with E-state index in [9.17, 15) is 0 Å². The van der Waals surface area contributed by atoms with Crippen LogP contribution in [-0.2, 0) is 6.54 Å². The molecule has 2 heterocycles. The topological polar surface area (TPSA) is 47.0 Å². The summed E-state index contributed by atoms with van der Waals surface area (Å²) >= 11 is 0. The predicted octanol–water partition coefficient (Wildman–Crippen LogP) is 2.34. The lowest BCUT2D eigenvalue weighted by Crippen LogP contribution is -2.19. The van der Waals surface area contributed by atoms with E-state index in [1.165, 1.54) is 0 Å². The van der Waals surface area contributed by atoms with Crippen LogP contribution in [0, 0.1) is 0 Å². The van der Waals surface area contributed by atoms with Crippen molar-refractivity contribution < 1.29 is 4.74 Å². The van der Waals surface area contributed by atoms with Gasteiger partial charge >= 0.3 is 0 Å². The molecule has 0 fully saturated rings. The molecule has 0 spiro atoms. The maximum absolute atomic E-state index is 5.10. The van der Waals surface area contributed by atoms with Crippen LogP contribution in [0.25, 0.3) is 0 Å². The van der Waals surface area contributed by atoms with E-state index in [1.807, 2.05) is 36.4 Å². The summed E-state index contributed by atoms with van der Waals surface area (Å²) in [6.45, 7) is 2.78. The minimum Gasteiger partial charge on any atom is -0.481 e. The van der Waals surface area contributed by atoms with E-state index < -0.39 is 0 Å². The van der Waals surface area contributed by atoms with Gasteiger partial charge in [-0.2, -0.15) is 0 Å². The van der Waals surface area contributed by atoms with Crippen molar-refractivity contribution in [3.05, 3.63) is 54.0 Å². The molecule has 0 saturated heterocycles. The summed E-state index contributed by atoms with van der Waals surface area (Å²) in [7, 11) is 1.62. The molecule has 0 unspecified atom stereocenters. The standard InChI is InChI=1S/C14H17N3O/c1-11(13-7-3-4-9-15-13)16-10-12-6-5-8-14(17-12)18-2/h3-9,11,16H,10H2,1-2H3/t11-/m0/s1. The van der Waals surface area contributed by atoms with Gasteiger partial charge in [0.1, 0.15) is 0 Å². The molecular formula is C14H17N3O. The van der Waals surface area contributed by atoms with Crippen LogP contribution in [0.4, 0.5) is 0 Å². The smallest absolute Gasteiger partial charge is 0.213 e. The number of pyridine rings is 2. The van der Waals surface area contributed by atoms with Gasteiger partial charge in [0, 0.05) is 24.8 Å². The van der Waals surface area contributed by atoms with Crippen LogP contribution in [0.2, 0.25) is 0 Å². The second kappa shape index (κ2) is 6.12. The Labute approximate surface area is 107 Å². The summed E-state index contributed by atoms with van der Waals surface area (Å²) in [5, 5.41) is 3.39. The van der Waals surface area contributed by atoms with Gasteiger partial charge < -0.3 is 10.1 Å². The normalized spacial score (nSPS) is 12.1. The molecule has 0 aromatic carbocycles. The lowest BCUT2D eigenvalue weighted by atomic mass is 10.2. The van der Waals surface area contributed by atoms with Gasteiger partial charge in [-0.3, -0.25) is 4.98 Å². The molecule has 4 nitrogen and oxygen atoms in total. The van der Waals surface area contributed by atoms with Crippen molar-refractivity contribution in [1.82, 2.24) is 15.3 Å². The summed E-state index contributed by atoms with van der Waals surface area (Å²) in [4.78, 5) is 8.67. The average Bonchev–Trinajstić information content (AvgIpc) is 2.46. The van der Waals surface area contributed by atoms with E-state index in [-0.39, 0.29) is 6.04 Å². The molecule has 1 N–H and O–H groups in total. The van der Waals surface area contributed by atoms with Crippen LogP contribution in [0.3, 0.4) is 0 Å². The van der Waals surface area contributed by atoms with Crippen LogP contribution in [0.5, 0.6) is 5.88 Å². The quantitative estimate of drug-likeness (QED) is 0.875. The lowest BCUT2D eigenvalue weighted by molar-refractivity contribution is 0.395. The Kier molecular flexibility index (Phi) is 4.25. The number of aromatic nitrogens is 2. The molecule has 94 valence electrons. The van der Waals surface area contributed by atoms with Crippen molar-refractivity contribution in [3.8, 4) is 5.88 Å². The number of ether oxygens (including phenoxy) is 1. The van der Waals surface area contributed by atoms with Crippen molar-refractivity contribution in [2.24, 2.45) is 0 Å². The molecule has 0 bridgehead atoms. The van der Waals surface area contributed by atoms with Gasteiger partial charge in [0.05, 0.1) is 18.5 Å². The molecule has 0 saturated carbocycles. The predicted molar refractivity (Wildman–Crippen MR) is 70.3 cm³/mol. The van der Waals surface area contributed by atoms with Crippen molar-refractivity contribution in [2.45, 2.75) is 19.5 Å². The number of hydrogen-bond donors (Lipinski definition) is 1. The number of rotatable bonds is 5. The van der Waals surface area contributed by atoms with Crippen LogP contribution < -0.4 is 10.1 Å². The Hall–Kier alpha value is -1.94. The molecule has 1 atom stereocenters. The SMILES string of the molecule is COc1cccc(CN[C@@H](C)c2ccccn2)n1. The van der Waals surface area contributed by atoms with Gasteiger partial charge in [-0.25, -0.2) is 4.98 Å². The Bertz CT molecular complexity index is 487. The third kappa shape index (κ3) is 3.28. The van der Waals surface area contributed by atoms with Gasteiger partial charge in [-0.15, -0.1) is 0 Å². The first kappa shape index (κ1) is 12.5. The fraction of sp³-hybridized carbons (Fsp3) is 0.286. The average molecular weight is 243 g/mol. The minimum atomic E-state index is 0.194. The maximum Gasteiger partial charge on any atom is 0.213 e. The van der Waals surface area contributed by atoms with Crippen molar-refractivity contribution in [2.75, 3.05) is 7.11 Å². The molecule has 2 rings (SSSR count). The van der Waals surface area contributed by atoms with Gasteiger partial charge in [0.15, 0.2) is 0 Å². The summed E-state index contributed by atoms with van der Waals surface area (Å²) in [6, 6.07) is 11.9. The highest BCUT2D eigenvalue weighted by Crippen LogP contribution is 2.10. The molecule has 0 aliphatic heterocycles. The van der Waals surface area contributed by atoms with Gasteiger partial charge in [-0.05, 0) is 25.1 Å². The van der Waals surface area contributed by atoms with Crippen LogP contribution >= 0.6 is 0 Å². The van der Waals surface area contributed by atoms with Crippen molar-refractivity contribution in [3.63, 3.8) is 0 Å². The first-order valence-corrected chi connectivity index (χ1v) is 5.94. The van der Waals surface area contributed by atoms with Crippen LogP contribution in [0.15, 0.2) is 42.6 Å².